The largest absolute Gasteiger partial charge is 0.476 e. The standard InChI is InChI=1S/C20H18N2O3/c1-12-4-3-5-14(11-23)19(12)18-10-22-20(24)17-8-15(6-7-16(17)18)25-13(2)9-21/h3-8,10,13,23H,11H2,1-2H3,(H,22,24)/t13-/m1/s1. The summed E-state index contributed by atoms with van der Waals surface area (Å²) in [7, 11) is 0. The molecule has 0 amide bonds. The van der Waals surface area contributed by atoms with Crippen molar-refractivity contribution in [3.8, 4) is 22.9 Å². The van der Waals surface area contributed by atoms with E-state index in [9.17, 15) is 9.90 Å². The van der Waals surface area contributed by atoms with Gasteiger partial charge in [0.15, 0.2) is 6.10 Å². The molecule has 3 rings (SSSR count). The van der Waals surface area contributed by atoms with Crippen molar-refractivity contribution in [2.45, 2.75) is 26.6 Å². The second-order valence-electron chi connectivity index (χ2n) is 5.90. The highest BCUT2D eigenvalue weighted by Crippen LogP contribution is 2.33. The Hall–Kier alpha value is -3.10. The predicted octanol–water partition coefficient (Wildman–Crippen LogP) is 3.29. The molecule has 0 saturated carbocycles. The second-order valence-corrected chi connectivity index (χ2v) is 5.90. The zero-order valence-electron chi connectivity index (χ0n) is 14.0. The Labute approximate surface area is 145 Å². The molecule has 0 aliphatic rings. The molecule has 2 aromatic carbocycles. The van der Waals surface area contributed by atoms with Crippen LogP contribution >= 0.6 is 0 Å². The molecule has 2 N–H and O–H groups in total. The molecule has 1 heterocycles. The number of nitriles is 1. The summed E-state index contributed by atoms with van der Waals surface area (Å²) in [6.07, 6.45) is 1.07. The first-order valence-corrected chi connectivity index (χ1v) is 7.96. The summed E-state index contributed by atoms with van der Waals surface area (Å²) in [4.78, 5) is 15.0. The summed E-state index contributed by atoms with van der Waals surface area (Å²) in [5.41, 5.74) is 3.33. The van der Waals surface area contributed by atoms with Gasteiger partial charge in [-0.25, -0.2) is 0 Å². The maximum atomic E-state index is 12.3. The van der Waals surface area contributed by atoms with Crippen LogP contribution in [0.15, 0.2) is 47.4 Å². The van der Waals surface area contributed by atoms with Gasteiger partial charge in [-0.2, -0.15) is 5.26 Å². The number of aromatic nitrogens is 1. The molecule has 0 aliphatic carbocycles. The van der Waals surface area contributed by atoms with Crippen molar-refractivity contribution in [1.82, 2.24) is 4.98 Å². The van der Waals surface area contributed by atoms with Gasteiger partial charge in [-0.3, -0.25) is 4.79 Å². The van der Waals surface area contributed by atoms with Crippen LogP contribution in [0.5, 0.6) is 5.75 Å². The second kappa shape index (κ2) is 6.80. The molecular weight excluding hydrogens is 316 g/mol. The van der Waals surface area contributed by atoms with Crippen molar-refractivity contribution in [1.29, 1.82) is 5.26 Å². The molecule has 25 heavy (non-hydrogen) atoms. The highest BCUT2D eigenvalue weighted by molar-refractivity contribution is 5.97. The molecule has 126 valence electrons. The van der Waals surface area contributed by atoms with Crippen molar-refractivity contribution in [2.75, 3.05) is 0 Å². The number of rotatable bonds is 4. The van der Waals surface area contributed by atoms with E-state index < -0.39 is 6.10 Å². The Balaban J connectivity index is 2.24. The average molecular weight is 334 g/mol. The number of hydrogen-bond acceptors (Lipinski definition) is 4. The Morgan fingerprint density at radius 2 is 2.08 bits per heavy atom. The third kappa shape index (κ3) is 3.12. The van der Waals surface area contributed by atoms with Gasteiger partial charge < -0.3 is 14.8 Å². The van der Waals surface area contributed by atoms with E-state index in [1.165, 1.54) is 0 Å². The molecule has 0 aliphatic heterocycles. The number of nitrogens with one attached hydrogen (secondary N) is 1. The van der Waals surface area contributed by atoms with E-state index in [1.54, 1.807) is 25.3 Å². The van der Waals surface area contributed by atoms with E-state index in [0.29, 0.717) is 11.1 Å². The van der Waals surface area contributed by atoms with Gasteiger partial charge in [0.2, 0.25) is 0 Å². The SMILES string of the molecule is Cc1cccc(CO)c1-c1c[nH]c(=O)c2cc(O[C@H](C)C#N)ccc12. The first kappa shape index (κ1) is 16.7. The van der Waals surface area contributed by atoms with Gasteiger partial charge in [0.25, 0.3) is 5.56 Å². The van der Waals surface area contributed by atoms with Crippen LogP contribution in [0.4, 0.5) is 0 Å². The van der Waals surface area contributed by atoms with E-state index >= 15 is 0 Å². The lowest BCUT2D eigenvalue weighted by Crippen LogP contribution is -2.10. The fraction of sp³-hybridized carbons (Fsp3) is 0.200. The Bertz CT molecular complexity index is 1030. The number of aliphatic hydroxyl groups is 1. The number of nitrogens with zero attached hydrogens (tertiary/aromatic N) is 1. The van der Waals surface area contributed by atoms with Crippen LogP contribution in [0, 0.1) is 18.3 Å². The summed E-state index contributed by atoms with van der Waals surface area (Å²) in [6.45, 7) is 3.53. The average Bonchev–Trinajstić information content (AvgIpc) is 2.62. The minimum atomic E-state index is -0.600. The maximum absolute atomic E-state index is 12.3. The Morgan fingerprint density at radius 1 is 1.28 bits per heavy atom. The molecule has 1 aromatic heterocycles. The fourth-order valence-electron chi connectivity index (χ4n) is 3.00. The smallest absolute Gasteiger partial charge is 0.255 e. The van der Waals surface area contributed by atoms with Crippen LogP contribution in [0.2, 0.25) is 0 Å². The van der Waals surface area contributed by atoms with Crippen LogP contribution in [0.25, 0.3) is 21.9 Å². The third-order valence-corrected chi connectivity index (χ3v) is 4.17. The van der Waals surface area contributed by atoms with E-state index in [4.69, 9.17) is 10.00 Å². The van der Waals surface area contributed by atoms with Crippen molar-refractivity contribution in [3.05, 3.63) is 64.1 Å². The monoisotopic (exact) mass is 334 g/mol. The lowest BCUT2D eigenvalue weighted by Gasteiger charge is -2.14. The third-order valence-electron chi connectivity index (χ3n) is 4.17. The van der Waals surface area contributed by atoms with Crippen molar-refractivity contribution >= 4 is 10.8 Å². The van der Waals surface area contributed by atoms with Crippen molar-refractivity contribution in [3.63, 3.8) is 0 Å². The van der Waals surface area contributed by atoms with Crippen LogP contribution in [-0.4, -0.2) is 16.2 Å². The normalized spacial score (nSPS) is 11.9. The number of hydrogen-bond donors (Lipinski definition) is 2. The number of H-pyrrole nitrogens is 1. The molecule has 5 heteroatoms. The van der Waals surface area contributed by atoms with Gasteiger partial charge >= 0.3 is 0 Å². The first-order valence-electron chi connectivity index (χ1n) is 7.96. The van der Waals surface area contributed by atoms with Crippen LogP contribution in [-0.2, 0) is 6.61 Å². The number of fused-ring (bicyclic) bond motifs is 1. The van der Waals surface area contributed by atoms with Gasteiger partial charge in [-0.15, -0.1) is 0 Å². The molecule has 5 nitrogen and oxygen atoms in total. The topological polar surface area (TPSA) is 86.1 Å². The summed E-state index contributed by atoms with van der Waals surface area (Å²) in [5.74, 6) is 0.469. The van der Waals surface area contributed by atoms with Crippen LogP contribution in [0.3, 0.4) is 0 Å². The quantitative estimate of drug-likeness (QED) is 0.766. The lowest BCUT2D eigenvalue weighted by atomic mass is 9.93. The minimum Gasteiger partial charge on any atom is -0.476 e. The molecule has 0 bridgehead atoms. The van der Waals surface area contributed by atoms with Gasteiger partial charge in [0.05, 0.1) is 12.0 Å². The van der Waals surface area contributed by atoms with Gasteiger partial charge in [-0.05, 0) is 54.1 Å². The van der Waals surface area contributed by atoms with Gasteiger partial charge in [0, 0.05) is 11.8 Å². The fourth-order valence-corrected chi connectivity index (χ4v) is 3.00. The molecule has 0 unspecified atom stereocenters. The number of ether oxygens (including phenoxy) is 1. The zero-order chi connectivity index (χ0) is 18.0. The number of aryl methyl sites for hydroxylation is 1. The number of benzene rings is 2. The highest BCUT2D eigenvalue weighted by atomic mass is 16.5. The minimum absolute atomic E-state index is 0.0848. The van der Waals surface area contributed by atoms with Crippen LogP contribution in [0.1, 0.15) is 18.1 Å². The summed E-state index contributed by atoms with van der Waals surface area (Å²) >= 11 is 0. The number of aliphatic hydroxyl groups excluding tert-OH is 1. The zero-order valence-corrected chi connectivity index (χ0v) is 14.0. The first-order chi connectivity index (χ1) is 12.0. The molecule has 0 spiro atoms. The molecular formula is C20H18N2O3. The maximum Gasteiger partial charge on any atom is 0.255 e. The Kier molecular flexibility index (Phi) is 4.55. The van der Waals surface area contributed by atoms with Crippen molar-refractivity contribution < 1.29 is 9.84 Å². The summed E-state index contributed by atoms with van der Waals surface area (Å²) in [5, 5.41) is 19.8. The van der Waals surface area contributed by atoms with Gasteiger partial charge in [0.1, 0.15) is 11.8 Å². The number of aromatic amines is 1. The van der Waals surface area contributed by atoms with Crippen molar-refractivity contribution in [2.24, 2.45) is 0 Å². The summed E-state index contributed by atoms with van der Waals surface area (Å²) in [6, 6.07) is 12.9. The van der Waals surface area contributed by atoms with Gasteiger partial charge in [-0.1, -0.05) is 18.2 Å². The molecule has 0 saturated heterocycles. The van der Waals surface area contributed by atoms with E-state index in [1.807, 2.05) is 37.3 Å². The molecule has 0 radical (unpaired) electrons. The molecule has 1 atom stereocenters. The van der Waals surface area contributed by atoms with E-state index in [2.05, 4.69) is 4.98 Å². The van der Waals surface area contributed by atoms with E-state index in [-0.39, 0.29) is 12.2 Å². The van der Waals surface area contributed by atoms with E-state index in [0.717, 1.165) is 27.6 Å². The predicted molar refractivity (Wildman–Crippen MR) is 96.4 cm³/mol. The number of pyridine rings is 1. The summed E-state index contributed by atoms with van der Waals surface area (Å²) < 4.78 is 5.49. The van der Waals surface area contributed by atoms with Crippen LogP contribution < -0.4 is 10.3 Å². The highest BCUT2D eigenvalue weighted by Gasteiger charge is 2.14. The lowest BCUT2D eigenvalue weighted by molar-refractivity contribution is 0.277. The molecule has 3 aromatic rings. The Morgan fingerprint density at radius 3 is 2.80 bits per heavy atom. The molecule has 0 fully saturated rings.